The summed E-state index contributed by atoms with van der Waals surface area (Å²) in [5.41, 5.74) is -0.877. The van der Waals surface area contributed by atoms with Crippen molar-refractivity contribution >= 4 is 12.4 Å². The van der Waals surface area contributed by atoms with E-state index >= 15 is 0 Å². The third kappa shape index (κ3) is 3.43. The zero-order valence-electron chi connectivity index (χ0n) is 8.85. The van der Waals surface area contributed by atoms with E-state index in [-0.39, 0.29) is 6.61 Å². The summed E-state index contributed by atoms with van der Waals surface area (Å²) in [6, 6.07) is 2.29. The average molecular weight is 235 g/mol. The average Bonchev–Trinajstić information content (AvgIpc) is 2.16. The number of hydrogen-bond donors (Lipinski definition) is 0. The van der Waals surface area contributed by atoms with Gasteiger partial charge in [-0.15, -0.1) is 0 Å². The molecular formula is C10H12BF4O-. The lowest BCUT2D eigenvalue weighted by Crippen LogP contribution is -2.35. The lowest BCUT2D eigenvalue weighted by molar-refractivity contribution is 0.308. The number of ether oxygens (including phenoxy) is 1. The molecule has 0 saturated heterocycles. The Bertz CT molecular complexity index is 351. The summed E-state index contributed by atoms with van der Waals surface area (Å²) in [4.78, 5) is 0. The van der Waals surface area contributed by atoms with E-state index in [9.17, 15) is 17.3 Å². The number of hydrogen-bond acceptors (Lipinski definition) is 1. The monoisotopic (exact) mass is 235 g/mol. The Balaban J connectivity index is 2.90. The second kappa shape index (κ2) is 5.23. The van der Waals surface area contributed by atoms with Crippen molar-refractivity contribution in [2.45, 2.75) is 19.8 Å². The standard InChI is InChI=1S/C10H12BF4O/c1-2-3-6-16-10-7-8(12)4-5-9(10)11(13,14)15/h4-5,7H,2-3,6H2,1H3/q-1. The van der Waals surface area contributed by atoms with Crippen LogP contribution >= 0.6 is 0 Å². The summed E-state index contributed by atoms with van der Waals surface area (Å²) in [6.45, 7) is -3.11. The van der Waals surface area contributed by atoms with Crippen molar-refractivity contribution in [2.24, 2.45) is 0 Å². The molecule has 0 aliphatic rings. The molecule has 16 heavy (non-hydrogen) atoms. The largest absolute Gasteiger partial charge is 0.513 e. The molecule has 0 saturated carbocycles. The molecule has 6 heteroatoms. The summed E-state index contributed by atoms with van der Waals surface area (Å²) in [6.07, 6.45) is 1.45. The van der Waals surface area contributed by atoms with Gasteiger partial charge in [0, 0.05) is 6.07 Å². The molecule has 0 unspecified atom stereocenters. The van der Waals surface area contributed by atoms with E-state index in [1.54, 1.807) is 0 Å². The predicted octanol–water partition coefficient (Wildman–Crippen LogP) is 3.06. The van der Waals surface area contributed by atoms with Gasteiger partial charge < -0.3 is 17.7 Å². The van der Waals surface area contributed by atoms with E-state index in [0.29, 0.717) is 6.42 Å². The smallest absolute Gasteiger partial charge is 0.496 e. The van der Waals surface area contributed by atoms with Crippen LogP contribution in [0.15, 0.2) is 18.2 Å². The summed E-state index contributed by atoms with van der Waals surface area (Å²) in [5.74, 6) is -1.14. The van der Waals surface area contributed by atoms with Crippen molar-refractivity contribution in [2.75, 3.05) is 6.61 Å². The lowest BCUT2D eigenvalue weighted by atomic mass is 9.79. The van der Waals surface area contributed by atoms with Crippen LogP contribution in [0.3, 0.4) is 0 Å². The van der Waals surface area contributed by atoms with Gasteiger partial charge in [0.2, 0.25) is 0 Å². The van der Waals surface area contributed by atoms with Gasteiger partial charge in [0.05, 0.1) is 12.4 Å². The predicted molar refractivity (Wildman–Crippen MR) is 55.5 cm³/mol. The fourth-order valence-corrected chi connectivity index (χ4v) is 1.23. The second-order valence-corrected chi connectivity index (χ2v) is 3.46. The van der Waals surface area contributed by atoms with Crippen molar-refractivity contribution in [1.29, 1.82) is 0 Å². The van der Waals surface area contributed by atoms with Crippen LogP contribution in [0, 0.1) is 5.82 Å². The Morgan fingerprint density at radius 2 is 1.94 bits per heavy atom. The lowest BCUT2D eigenvalue weighted by Gasteiger charge is -2.19. The SMILES string of the molecule is CCCCOc1cc(F)ccc1[B-](F)(F)F. The molecule has 0 fully saturated rings. The Morgan fingerprint density at radius 3 is 2.50 bits per heavy atom. The van der Waals surface area contributed by atoms with Crippen LogP contribution in [0.25, 0.3) is 0 Å². The third-order valence-electron chi connectivity index (χ3n) is 2.08. The van der Waals surface area contributed by atoms with E-state index in [4.69, 9.17) is 4.74 Å². The van der Waals surface area contributed by atoms with Crippen LogP contribution < -0.4 is 10.2 Å². The Kier molecular flexibility index (Phi) is 4.21. The number of rotatable bonds is 5. The summed E-state index contributed by atoms with van der Waals surface area (Å²) in [5, 5.41) is 0. The van der Waals surface area contributed by atoms with Crippen molar-refractivity contribution in [3.05, 3.63) is 24.0 Å². The highest BCUT2D eigenvalue weighted by molar-refractivity contribution is 6.74. The van der Waals surface area contributed by atoms with Crippen LogP contribution in [0.1, 0.15) is 19.8 Å². The van der Waals surface area contributed by atoms with Gasteiger partial charge in [0.15, 0.2) is 0 Å². The highest BCUT2D eigenvalue weighted by Gasteiger charge is 2.29. The number of unbranched alkanes of at least 4 members (excludes halogenated alkanes) is 1. The molecule has 0 aromatic heterocycles. The fourth-order valence-electron chi connectivity index (χ4n) is 1.23. The van der Waals surface area contributed by atoms with Crippen molar-refractivity contribution in [3.8, 4) is 5.75 Å². The number of benzene rings is 1. The van der Waals surface area contributed by atoms with Crippen LogP contribution in [0.2, 0.25) is 0 Å². The maximum absolute atomic E-state index is 12.8. The quantitative estimate of drug-likeness (QED) is 0.433. The van der Waals surface area contributed by atoms with Gasteiger partial charge in [0.25, 0.3) is 0 Å². The summed E-state index contributed by atoms with van der Waals surface area (Å²) >= 11 is 0. The third-order valence-corrected chi connectivity index (χ3v) is 2.08. The van der Waals surface area contributed by atoms with Gasteiger partial charge in [-0.3, -0.25) is 0 Å². The first kappa shape index (κ1) is 12.9. The maximum Gasteiger partial charge on any atom is 0.513 e. The molecule has 0 radical (unpaired) electrons. The Labute approximate surface area is 91.5 Å². The minimum absolute atomic E-state index is 0.166. The van der Waals surface area contributed by atoms with E-state index in [1.165, 1.54) is 0 Å². The molecule has 1 rings (SSSR count). The van der Waals surface area contributed by atoms with E-state index < -0.39 is 24.0 Å². The van der Waals surface area contributed by atoms with Gasteiger partial charge in [-0.25, -0.2) is 4.39 Å². The van der Waals surface area contributed by atoms with Gasteiger partial charge in [0.1, 0.15) is 5.82 Å². The molecule has 0 amide bonds. The molecule has 1 nitrogen and oxygen atoms in total. The first-order valence-electron chi connectivity index (χ1n) is 5.07. The van der Waals surface area contributed by atoms with Gasteiger partial charge in [-0.1, -0.05) is 24.9 Å². The minimum Gasteiger partial charge on any atom is -0.496 e. The molecule has 0 spiro atoms. The fraction of sp³-hybridized carbons (Fsp3) is 0.400. The first-order chi connectivity index (χ1) is 7.45. The zero-order valence-corrected chi connectivity index (χ0v) is 8.85. The molecule has 0 aliphatic heterocycles. The van der Waals surface area contributed by atoms with Gasteiger partial charge in [-0.2, -0.15) is 0 Å². The first-order valence-corrected chi connectivity index (χ1v) is 5.07. The molecule has 90 valence electrons. The van der Waals surface area contributed by atoms with E-state index in [2.05, 4.69) is 0 Å². The van der Waals surface area contributed by atoms with Crippen molar-refractivity contribution in [1.82, 2.24) is 0 Å². The molecule has 0 bridgehead atoms. The van der Waals surface area contributed by atoms with Gasteiger partial charge >= 0.3 is 6.98 Å². The normalized spacial score (nSPS) is 11.6. The molecule has 1 aromatic rings. The topological polar surface area (TPSA) is 9.23 Å². The summed E-state index contributed by atoms with van der Waals surface area (Å²) < 4.78 is 55.4. The van der Waals surface area contributed by atoms with Gasteiger partial charge in [-0.05, 0) is 12.5 Å². The van der Waals surface area contributed by atoms with Crippen LogP contribution in [0.4, 0.5) is 17.3 Å². The Hall–Kier alpha value is -1.20. The molecular weight excluding hydrogens is 223 g/mol. The maximum atomic E-state index is 12.8. The van der Waals surface area contributed by atoms with E-state index in [0.717, 1.165) is 24.6 Å². The van der Waals surface area contributed by atoms with Crippen LogP contribution in [-0.2, 0) is 0 Å². The number of halogens is 4. The molecule has 1 aromatic carbocycles. The molecule has 0 N–H and O–H groups in total. The molecule has 0 atom stereocenters. The van der Waals surface area contributed by atoms with Crippen molar-refractivity contribution in [3.63, 3.8) is 0 Å². The van der Waals surface area contributed by atoms with Crippen LogP contribution in [0.5, 0.6) is 5.75 Å². The highest BCUT2D eigenvalue weighted by Crippen LogP contribution is 2.19. The van der Waals surface area contributed by atoms with Crippen LogP contribution in [-0.4, -0.2) is 13.6 Å². The minimum atomic E-state index is -5.16. The van der Waals surface area contributed by atoms with E-state index in [1.807, 2.05) is 6.92 Å². The highest BCUT2D eigenvalue weighted by atomic mass is 19.4. The molecule has 0 aliphatic carbocycles. The van der Waals surface area contributed by atoms with Crippen molar-refractivity contribution < 1.29 is 22.1 Å². The summed E-state index contributed by atoms with van der Waals surface area (Å²) in [7, 11) is 0. The Morgan fingerprint density at radius 1 is 1.25 bits per heavy atom. The molecule has 0 heterocycles. The second-order valence-electron chi connectivity index (χ2n) is 3.46. The zero-order chi connectivity index (χ0) is 12.2.